The van der Waals surface area contributed by atoms with Crippen LogP contribution < -0.4 is 10.9 Å². The molecule has 0 amide bonds. The molecule has 0 aliphatic carbocycles. The number of H-pyrrole nitrogens is 1. The molecule has 98 valence electrons. The molecule has 0 aliphatic rings. The Morgan fingerprint density at radius 2 is 2.16 bits per heavy atom. The van der Waals surface area contributed by atoms with Gasteiger partial charge in [0.05, 0.1) is 11.9 Å². The molecular formula is C13H13N3O3. The number of carbonyl (C=O) groups is 1. The van der Waals surface area contributed by atoms with Gasteiger partial charge in [0.15, 0.2) is 0 Å². The number of aromatic carboxylic acids is 1. The van der Waals surface area contributed by atoms with Crippen molar-refractivity contribution in [2.24, 2.45) is 0 Å². The third-order valence-electron chi connectivity index (χ3n) is 2.63. The topological polar surface area (TPSA) is 95.1 Å². The van der Waals surface area contributed by atoms with Gasteiger partial charge in [-0.3, -0.25) is 4.79 Å². The highest BCUT2D eigenvalue weighted by molar-refractivity contribution is 5.89. The van der Waals surface area contributed by atoms with Crippen molar-refractivity contribution in [2.75, 3.05) is 11.9 Å². The van der Waals surface area contributed by atoms with Crippen LogP contribution in [0.2, 0.25) is 0 Å². The van der Waals surface area contributed by atoms with E-state index in [1.165, 1.54) is 12.4 Å². The lowest BCUT2D eigenvalue weighted by molar-refractivity contribution is 0.0695. The van der Waals surface area contributed by atoms with E-state index in [1.54, 1.807) is 24.3 Å². The van der Waals surface area contributed by atoms with Crippen LogP contribution in [0.25, 0.3) is 0 Å². The molecule has 6 nitrogen and oxygen atoms in total. The first kappa shape index (κ1) is 12.8. The lowest BCUT2D eigenvalue weighted by Crippen LogP contribution is -2.12. The molecule has 1 heterocycles. The predicted octanol–water partition coefficient (Wildman–Crippen LogP) is 1.12. The van der Waals surface area contributed by atoms with Crippen LogP contribution in [0, 0.1) is 0 Å². The van der Waals surface area contributed by atoms with Crippen LogP contribution in [0.3, 0.4) is 0 Å². The van der Waals surface area contributed by atoms with Gasteiger partial charge in [-0.25, -0.2) is 9.78 Å². The second-order valence-electron chi connectivity index (χ2n) is 3.94. The minimum absolute atomic E-state index is 0.233. The zero-order chi connectivity index (χ0) is 13.7. The molecule has 19 heavy (non-hydrogen) atoms. The molecule has 1 aromatic heterocycles. The van der Waals surface area contributed by atoms with Crippen LogP contribution in [-0.2, 0) is 6.42 Å². The van der Waals surface area contributed by atoms with Crippen molar-refractivity contribution in [1.29, 1.82) is 0 Å². The number of aromatic nitrogens is 2. The number of carboxylic acid groups (broad SMARTS) is 1. The Morgan fingerprint density at radius 1 is 1.37 bits per heavy atom. The zero-order valence-corrected chi connectivity index (χ0v) is 10.1. The van der Waals surface area contributed by atoms with Crippen molar-refractivity contribution in [3.63, 3.8) is 0 Å². The molecular weight excluding hydrogens is 246 g/mol. The number of benzene rings is 1. The van der Waals surface area contributed by atoms with Gasteiger partial charge >= 0.3 is 5.97 Å². The molecule has 0 saturated carbocycles. The highest BCUT2D eigenvalue weighted by Crippen LogP contribution is 2.09. The maximum atomic E-state index is 11.1. The van der Waals surface area contributed by atoms with Crippen LogP contribution in [0.15, 0.2) is 41.5 Å². The van der Waals surface area contributed by atoms with Gasteiger partial charge < -0.3 is 15.4 Å². The van der Waals surface area contributed by atoms with E-state index >= 15 is 0 Å². The van der Waals surface area contributed by atoms with Gasteiger partial charge in [-0.05, 0) is 18.1 Å². The molecule has 2 aromatic rings. The number of nitrogens with zero attached hydrogens (tertiary/aromatic N) is 1. The number of nitrogens with one attached hydrogen (secondary N) is 2. The Balaban J connectivity index is 2.00. The maximum absolute atomic E-state index is 11.1. The number of carboxylic acids is 1. The van der Waals surface area contributed by atoms with Crippen LogP contribution >= 0.6 is 0 Å². The van der Waals surface area contributed by atoms with E-state index in [0.29, 0.717) is 24.3 Å². The molecule has 0 bridgehead atoms. The van der Waals surface area contributed by atoms with Crippen LogP contribution in [0.1, 0.15) is 15.9 Å². The number of rotatable bonds is 5. The summed E-state index contributed by atoms with van der Waals surface area (Å²) >= 11 is 0. The zero-order valence-electron chi connectivity index (χ0n) is 10.1. The summed E-state index contributed by atoms with van der Waals surface area (Å²) in [5, 5.41) is 12.0. The summed E-state index contributed by atoms with van der Waals surface area (Å²) < 4.78 is 0. The average Bonchev–Trinajstić information content (AvgIpc) is 2.39. The van der Waals surface area contributed by atoms with Crippen molar-refractivity contribution >= 4 is 11.8 Å². The average molecular weight is 259 g/mol. The molecule has 2 rings (SSSR count). The first-order chi connectivity index (χ1) is 9.16. The summed E-state index contributed by atoms with van der Waals surface area (Å²) in [5.41, 5.74) is 0.805. The van der Waals surface area contributed by atoms with Gasteiger partial charge in [0, 0.05) is 12.6 Å². The smallest absolute Gasteiger partial charge is 0.335 e. The molecule has 0 radical (unpaired) electrons. The maximum Gasteiger partial charge on any atom is 0.335 e. The van der Waals surface area contributed by atoms with Crippen LogP contribution in [0.5, 0.6) is 0 Å². The first-order valence-electron chi connectivity index (χ1n) is 5.76. The predicted molar refractivity (Wildman–Crippen MR) is 70.5 cm³/mol. The number of anilines is 1. The Kier molecular flexibility index (Phi) is 3.92. The first-order valence-corrected chi connectivity index (χ1v) is 5.76. The number of hydrogen-bond donors (Lipinski definition) is 3. The Bertz CT molecular complexity index is 637. The minimum Gasteiger partial charge on any atom is -0.478 e. The Hall–Kier alpha value is -2.63. The normalized spacial score (nSPS) is 10.1. The van der Waals surface area contributed by atoms with Gasteiger partial charge in [-0.1, -0.05) is 18.2 Å². The fourth-order valence-electron chi connectivity index (χ4n) is 1.74. The fraction of sp³-hybridized carbons (Fsp3) is 0.154. The minimum atomic E-state index is -0.940. The third kappa shape index (κ3) is 3.41. The largest absolute Gasteiger partial charge is 0.478 e. The molecule has 0 fully saturated rings. The standard InChI is InChI=1S/C13H13N3O3/c17-12-7-11(15-8-16-12)14-6-5-9-3-1-2-4-10(9)13(18)19/h1-4,7-8H,5-6H2,(H,18,19)(H2,14,15,16,17). The van der Waals surface area contributed by atoms with E-state index in [2.05, 4.69) is 15.3 Å². The molecule has 0 spiro atoms. The van der Waals surface area contributed by atoms with E-state index in [1.807, 2.05) is 0 Å². The van der Waals surface area contributed by atoms with Crippen LogP contribution in [-0.4, -0.2) is 27.6 Å². The summed E-state index contributed by atoms with van der Waals surface area (Å²) in [5.74, 6) is -0.471. The lowest BCUT2D eigenvalue weighted by Gasteiger charge is -2.07. The highest BCUT2D eigenvalue weighted by atomic mass is 16.4. The Labute approximate surface area is 109 Å². The SMILES string of the molecule is O=C(O)c1ccccc1CCNc1cc(=O)[nH]cn1. The number of hydrogen-bond acceptors (Lipinski definition) is 4. The molecule has 1 aromatic carbocycles. The van der Waals surface area contributed by atoms with E-state index in [4.69, 9.17) is 5.11 Å². The summed E-state index contributed by atoms with van der Waals surface area (Å²) in [4.78, 5) is 28.4. The van der Waals surface area contributed by atoms with Gasteiger partial charge in [0.2, 0.25) is 0 Å². The molecule has 0 saturated heterocycles. The van der Waals surface area contributed by atoms with Crippen molar-refractivity contribution in [3.05, 3.63) is 58.1 Å². The van der Waals surface area contributed by atoms with Gasteiger partial charge in [0.25, 0.3) is 5.56 Å². The van der Waals surface area contributed by atoms with Crippen LogP contribution in [0.4, 0.5) is 5.82 Å². The van der Waals surface area contributed by atoms with Gasteiger partial charge in [-0.2, -0.15) is 0 Å². The summed E-state index contributed by atoms with van der Waals surface area (Å²) in [6.45, 7) is 0.501. The van der Waals surface area contributed by atoms with E-state index < -0.39 is 5.97 Å². The quantitative estimate of drug-likeness (QED) is 0.748. The van der Waals surface area contributed by atoms with E-state index in [0.717, 1.165) is 5.56 Å². The van der Waals surface area contributed by atoms with Crippen molar-refractivity contribution in [3.8, 4) is 0 Å². The molecule has 0 unspecified atom stereocenters. The molecule has 0 aliphatic heterocycles. The third-order valence-corrected chi connectivity index (χ3v) is 2.63. The van der Waals surface area contributed by atoms with Crippen molar-refractivity contribution < 1.29 is 9.90 Å². The fourth-order valence-corrected chi connectivity index (χ4v) is 1.74. The van der Waals surface area contributed by atoms with E-state index in [-0.39, 0.29) is 5.56 Å². The van der Waals surface area contributed by atoms with Crippen molar-refractivity contribution in [2.45, 2.75) is 6.42 Å². The summed E-state index contributed by atoms with van der Waals surface area (Å²) in [6, 6.07) is 8.19. The highest BCUT2D eigenvalue weighted by Gasteiger charge is 2.08. The van der Waals surface area contributed by atoms with E-state index in [9.17, 15) is 9.59 Å². The molecule has 6 heteroatoms. The monoisotopic (exact) mass is 259 g/mol. The van der Waals surface area contributed by atoms with Gasteiger partial charge in [-0.15, -0.1) is 0 Å². The Morgan fingerprint density at radius 3 is 2.89 bits per heavy atom. The summed E-state index contributed by atoms with van der Waals surface area (Å²) in [7, 11) is 0. The summed E-state index contributed by atoms with van der Waals surface area (Å²) in [6.07, 6.45) is 1.85. The van der Waals surface area contributed by atoms with Crippen molar-refractivity contribution in [1.82, 2.24) is 9.97 Å². The lowest BCUT2D eigenvalue weighted by atomic mass is 10.0. The second-order valence-corrected chi connectivity index (χ2v) is 3.94. The molecule has 0 atom stereocenters. The second kappa shape index (κ2) is 5.81. The number of aromatic amines is 1. The molecule has 3 N–H and O–H groups in total. The van der Waals surface area contributed by atoms with Gasteiger partial charge in [0.1, 0.15) is 5.82 Å².